The van der Waals surface area contributed by atoms with E-state index in [2.05, 4.69) is 0 Å². The fourth-order valence-corrected chi connectivity index (χ4v) is 6.28. The van der Waals surface area contributed by atoms with Crippen LogP contribution in [0.1, 0.15) is 46.6 Å². The number of furan rings is 1. The third-order valence-electron chi connectivity index (χ3n) is 6.33. The van der Waals surface area contributed by atoms with E-state index in [1.165, 1.54) is 33.7 Å². The molecule has 194 valence electrons. The van der Waals surface area contributed by atoms with Gasteiger partial charge in [0.25, 0.3) is 11.8 Å². The van der Waals surface area contributed by atoms with E-state index in [4.69, 9.17) is 20.8 Å². The van der Waals surface area contributed by atoms with Crippen molar-refractivity contribution in [1.29, 1.82) is 0 Å². The molecule has 4 rings (SSSR count). The van der Waals surface area contributed by atoms with Gasteiger partial charge in [-0.2, -0.15) is 4.31 Å². The molecule has 0 spiro atoms. The Kier molecular flexibility index (Phi) is 8.32. The van der Waals surface area contributed by atoms with E-state index in [0.29, 0.717) is 39.3 Å². The highest BCUT2D eigenvalue weighted by molar-refractivity contribution is 7.89. The lowest BCUT2D eigenvalue weighted by atomic mass is 10.2. The summed E-state index contributed by atoms with van der Waals surface area (Å²) >= 11 is 6.19. The lowest BCUT2D eigenvalue weighted by Gasteiger charge is -2.34. The first-order valence-electron chi connectivity index (χ1n) is 11.8. The van der Waals surface area contributed by atoms with Crippen molar-refractivity contribution in [1.82, 2.24) is 14.1 Å². The number of carbonyl (C=O) groups excluding carboxylic acids is 3. The third-order valence-corrected chi connectivity index (χ3v) is 8.71. The Bertz CT molecular complexity index is 1200. The Morgan fingerprint density at radius 3 is 2.22 bits per heavy atom. The number of ether oxygens (including phenoxy) is 1. The molecule has 36 heavy (non-hydrogen) atoms. The van der Waals surface area contributed by atoms with Gasteiger partial charge >= 0.3 is 5.97 Å². The average molecular weight is 538 g/mol. The van der Waals surface area contributed by atoms with E-state index in [-0.39, 0.29) is 27.1 Å². The molecular formula is C24H28ClN3O7S. The first-order valence-corrected chi connectivity index (χ1v) is 13.7. The number of halogens is 1. The highest BCUT2D eigenvalue weighted by Crippen LogP contribution is 2.28. The molecule has 0 aliphatic carbocycles. The Morgan fingerprint density at radius 2 is 1.58 bits per heavy atom. The van der Waals surface area contributed by atoms with Crippen molar-refractivity contribution in [2.45, 2.75) is 30.6 Å². The molecule has 0 saturated carbocycles. The molecule has 1 aromatic heterocycles. The van der Waals surface area contributed by atoms with E-state index < -0.39 is 28.5 Å². The summed E-state index contributed by atoms with van der Waals surface area (Å²) in [6.45, 7) is 1.55. The third kappa shape index (κ3) is 5.91. The van der Waals surface area contributed by atoms with Crippen molar-refractivity contribution in [3.8, 4) is 0 Å². The zero-order valence-electron chi connectivity index (χ0n) is 19.7. The van der Waals surface area contributed by atoms with Gasteiger partial charge in [-0.05, 0) is 43.2 Å². The summed E-state index contributed by atoms with van der Waals surface area (Å²) in [6.07, 6.45) is 4.90. The van der Waals surface area contributed by atoms with Gasteiger partial charge in [-0.1, -0.05) is 24.4 Å². The van der Waals surface area contributed by atoms with Gasteiger partial charge in [-0.3, -0.25) is 9.59 Å². The summed E-state index contributed by atoms with van der Waals surface area (Å²) < 4.78 is 38.0. The summed E-state index contributed by atoms with van der Waals surface area (Å²) in [5.74, 6) is -1.23. The number of amides is 2. The van der Waals surface area contributed by atoms with Crippen molar-refractivity contribution in [2.24, 2.45) is 0 Å². The van der Waals surface area contributed by atoms with E-state index in [9.17, 15) is 22.8 Å². The zero-order chi connectivity index (χ0) is 25.7. The summed E-state index contributed by atoms with van der Waals surface area (Å²) in [5.41, 5.74) is -0.00513. The number of sulfonamides is 1. The smallest absolute Gasteiger partial charge is 0.338 e. The number of benzene rings is 1. The molecule has 2 aliphatic rings. The van der Waals surface area contributed by atoms with Crippen molar-refractivity contribution in [2.75, 3.05) is 45.9 Å². The van der Waals surface area contributed by atoms with Crippen molar-refractivity contribution in [3.05, 3.63) is 52.9 Å². The highest BCUT2D eigenvalue weighted by atomic mass is 35.5. The van der Waals surface area contributed by atoms with Crippen LogP contribution in [-0.2, 0) is 19.6 Å². The van der Waals surface area contributed by atoms with E-state index >= 15 is 0 Å². The lowest BCUT2D eigenvalue weighted by molar-refractivity contribution is -0.136. The van der Waals surface area contributed by atoms with Crippen LogP contribution < -0.4 is 0 Å². The van der Waals surface area contributed by atoms with Gasteiger partial charge in [0.2, 0.25) is 10.0 Å². The quantitative estimate of drug-likeness (QED) is 0.520. The summed E-state index contributed by atoms with van der Waals surface area (Å²) in [7, 11) is -3.87. The first kappa shape index (κ1) is 26.2. The van der Waals surface area contributed by atoms with Crippen LogP contribution in [0.4, 0.5) is 0 Å². The molecule has 0 radical (unpaired) electrons. The Balaban J connectivity index is 1.33. The van der Waals surface area contributed by atoms with Crippen LogP contribution in [0, 0.1) is 0 Å². The fourth-order valence-electron chi connectivity index (χ4n) is 4.27. The number of hydrogen-bond donors (Lipinski definition) is 0. The van der Waals surface area contributed by atoms with Gasteiger partial charge in [-0.25, -0.2) is 13.2 Å². The van der Waals surface area contributed by atoms with Crippen LogP contribution in [0.5, 0.6) is 0 Å². The topological polar surface area (TPSA) is 117 Å². The van der Waals surface area contributed by atoms with Gasteiger partial charge in [0.15, 0.2) is 12.4 Å². The normalized spacial score (nSPS) is 17.5. The number of piperazine rings is 1. The van der Waals surface area contributed by atoms with Crippen molar-refractivity contribution < 1.29 is 32.0 Å². The molecule has 1 aromatic carbocycles. The number of nitrogens with zero attached hydrogens (tertiary/aromatic N) is 3. The summed E-state index contributed by atoms with van der Waals surface area (Å²) in [4.78, 5) is 40.5. The van der Waals surface area contributed by atoms with Crippen molar-refractivity contribution in [3.63, 3.8) is 0 Å². The Labute approximate surface area is 214 Å². The number of hydrogen-bond acceptors (Lipinski definition) is 7. The van der Waals surface area contributed by atoms with Crippen LogP contribution in [0.25, 0.3) is 0 Å². The molecule has 0 bridgehead atoms. The molecule has 0 atom stereocenters. The van der Waals surface area contributed by atoms with Gasteiger partial charge in [-0.15, -0.1) is 0 Å². The van der Waals surface area contributed by atoms with Gasteiger partial charge in [0, 0.05) is 39.3 Å². The zero-order valence-corrected chi connectivity index (χ0v) is 21.3. The summed E-state index contributed by atoms with van der Waals surface area (Å²) in [6, 6.07) is 7.14. The van der Waals surface area contributed by atoms with Crippen molar-refractivity contribution >= 4 is 39.4 Å². The molecule has 3 heterocycles. The Hall–Kier alpha value is -2.89. The predicted octanol–water partition coefficient (Wildman–Crippen LogP) is 2.64. The fraction of sp³-hybridized carbons (Fsp3) is 0.458. The molecule has 0 unspecified atom stereocenters. The molecule has 10 nitrogen and oxygen atoms in total. The second-order valence-electron chi connectivity index (χ2n) is 8.69. The van der Waals surface area contributed by atoms with E-state index in [0.717, 1.165) is 25.7 Å². The van der Waals surface area contributed by atoms with Gasteiger partial charge in [0.05, 0.1) is 16.8 Å². The maximum absolute atomic E-state index is 13.2. The molecule has 2 aliphatic heterocycles. The van der Waals surface area contributed by atoms with Gasteiger partial charge < -0.3 is 19.0 Å². The largest absolute Gasteiger partial charge is 0.459 e. The van der Waals surface area contributed by atoms with Crippen LogP contribution in [0.15, 0.2) is 45.9 Å². The minimum absolute atomic E-state index is 0.00513. The molecule has 2 saturated heterocycles. The van der Waals surface area contributed by atoms with Gasteiger partial charge in [0.1, 0.15) is 4.90 Å². The molecular weight excluding hydrogens is 510 g/mol. The van der Waals surface area contributed by atoms with E-state index in [1.54, 1.807) is 17.0 Å². The highest BCUT2D eigenvalue weighted by Gasteiger charge is 2.29. The molecule has 2 amide bonds. The molecule has 12 heteroatoms. The standard InChI is InChI=1S/C24H28ClN3O7S/c25-19-8-7-18(16-21(19)36(32,33)28-9-3-1-2-4-10-28)24(31)35-17-22(29)26-11-13-27(14-12-26)23(30)20-6-5-15-34-20/h5-8,15-16H,1-4,9-14,17H2. The van der Waals surface area contributed by atoms with Crippen LogP contribution >= 0.6 is 11.6 Å². The molecule has 0 N–H and O–H groups in total. The van der Waals surface area contributed by atoms with Crippen LogP contribution in [0.2, 0.25) is 5.02 Å². The number of carbonyl (C=O) groups is 3. The SMILES string of the molecule is O=C(OCC(=O)N1CCN(C(=O)c2ccco2)CC1)c1ccc(Cl)c(S(=O)(=O)N2CCCCCC2)c1. The molecule has 2 aromatic rings. The predicted molar refractivity (Wildman–Crippen MR) is 130 cm³/mol. The van der Waals surface area contributed by atoms with Crippen LogP contribution in [-0.4, -0.2) is 86.2 Å². The Morgan fingerprint density at radius 1 is 0.917 bits per heavy atom. The second kappa shape index (κ2) is 11.4. The lowest BCUT2D eigenvalue weighted by Crippen LogP contribution is -2.51. The number of rotatable bonds is 6. The summed E-state index contributed by atoms with van der Waals surface area (Å²) in [5, 5.41) is 0.0221. The van der Waals surface area contributed by atoms with E-state index in [1.807, 2.05) is 0 Å². The maximum Gasteiger partial charge on any atom is 0.338 e. The average Bonchev–Trinajstić information content (AvgIpc) is 3.28. The maximum atomic E-state index is 13.2. The minimum Gasteiger partial charge on any atom is -0.459 e. The minimum atomic E-state index is -3.87. The monoisotopic (exact) mass is 537 g/mol. The van der Waals surface area contributed by atoms with Crippen LogP contribution in [0.3, 0.4) is 0 Å². The second-order valence-corrected chi connectivity index (χ2v) is 11.0. The molecule has 2 fully saturated rings. The first-order chi connectivity index (χ1) is 17.3. The number of esters is 1.